The van der Waals surface area contributed by atoms with Crippen molar-refractivity contribution in [1.82, 2.24) is 8.87 Å². The Labute approximate surface area is 219 Å². The molecule has 3 aromatic rings. The van der Waals surface area contributed by atoms with Crippen molar-refractivity contribution in [3.05, 3.63) is 53.7 Å². The van der Waals surface area contributed by atoms with Crippen molar-refractivity contribution < 1.29 is 17.9 Å². The number of hydrogen-bond donors (Lipinski definition) is 1. The lowest BCUT2D eigenvalue weighted by molar-refractivity contribution is -0.118. The molecule has 2 saturated heterocycles. The van der Waals surface area contributed by atoms with Gasteiger partial charge in [-0.3, -0.25) is 4.79 Å². The number of sulfonamides is 1. The minimum Gasteiger partial charge on any atom is -0.378 e. The van der Waals surface area contributed by atoms with E-state index in [9.17, 15) is 13.2 Å². The van der Waals surface area contributed by atoms with Crippen molar-refractivity contribution in [1.29, 1.82) is 0 Å². The third-order valence-electron chi connectivity index (χ3n) is 7.61. The number of amides is 1. The molecule has 0 radical (unpaired) electrons. The predicted molar refractivity (Wildman–Crippen MR) is 147 cm³/mol. The first-order valence-electron chi connectivity index (χ1n) is 13.1. The second kappa shape index (κ2) is 10.5. The van der Waals surface area contributed by atoms with E-state index in [1.54, 1.807) is 16.4 Å². The van der Waals surface area contributed by atoms with Crippen molar-refractivity contribution >= 4 is 38.2 Å². The molecule has 5 rings (SSSR count). The SMILES string of the molecule is Cc1ccc(N2CCOCC2)cc1NC(=O)C(C)n1cc(C)c2cc(S(=O)(=O)N3CCCCC3)ccc21. The Morgan fingerprint density at radius 2 is 1.68 bits per heavy atom. The van der Waals surface area contributed by atoms with Crippen LogP contribution in [0.1, 0.15) is 43.4 Å². The summed E-state index contributed by atoms with van der Waals surface area (Å²) in [5.41, 5.74) is 4.65. The van der Waals surface area contributed by atoms with Gasteiger partial charge in [-0.05, 0) is 75.1 Å². The number of nitrogens with zero attached hydrogens (tertiary/aromatic N) is 3. The second-order valence-electron chi connectivity index (χ2n) is 10.1. The van der Waals surface area contributed by atoms with Gasteiger partial charge < -0.3 is 19.5 Å². The van der Waals surface area contributed by atoms with Crippen molar-refractivity contribution in [2.75, 3.05) is 49.6 Å². The monoisotopic (exact) mass is 524 g/mol. The number of nitrogens with one attached hydrogen (secondary N) is 1. The maximum absolute atomic E-state index is 13.4. The minimum atomic E-state index is -3.52. The smallest absolute Gasteiger partial charge is 0.247 e. The van der Waals surface area contributed by atoms with Gasteiger partial charge in [0.2, 0.25) is 15.9 Å². The summed E-state index contributed by atoms with van der Waals surface area (Å²) in [7, 11) is -3.52. The number of fused-ring (bicyclic) bond motifs is 1. The number of rotatable bonds is 6. The number of morpholine rings is 1. The molecule has 2 aromatic carbocycles. The highest BCUT2D eigenvalue weighted by Crippen LogP contribution is 2.30. The van der Waals surface area contributed by atoms with Crippen LogP contribution in [0.2, 0.25) is 0 Å². The molecule has 0 aliphatic carbocycles. The number of carbonyl (C=O) groups excluding carboxylic acids is 1. The maximum Gasteiger partial charge on any atom is 0.247 e. The Morgan fingerprint density at radius 3 is 2.41 bits per heavy atom. The van der Waals surface area contributed by atoms with Crippen LogP contribution in [0, 0.1) is 13.8 Å². The van der Waals surface area contributed by atoms with Gasteiger partial charge >= 0.3 is 0 Å². The molecule has 1 atom stereocenters. The van der Waals surface area contributed by atoms with Crippen molar-refractivity contribution in [3.8, 4) is 0 Å². The molecule has 198 valence electrons. The van der Waals surface area contributed by atoms with E-state index in [1.165, 1.54) is 0 Å². The standard InChI is InChI=1S/C28H36N4O4S/c1-20-7-8-23(30-13-15-36-16-14-30)17-26(20)29-28(33)22(3)32-19-21(2)25-18-24(9-10-27(25)32)37(34,35)31-11-5-4-6-12-31/h7-10,17-19,22H,4-6,11-16H2,1-3H3,(H,29,33). The summed E-state index contributed by atoms with van der Waals surface area (Å²) in [5.74, 6) is -0.121. The molecule has 0 spiro atoms. The molecule has 2 aliphatic rings. The average Bonchev–Trinajstić information content (AvgIpc) is 3.26. The number of benzene rings is 2. The molecule has 1 unspecified atom stereocenters. The zero-order chi connectivity index (χ0) is 26.2. The number of hydrogen-bond acceptors (Lipinski definition) is 5. The van der Waals surface area contributed by atoms with E-state index >= 15 is 0 Å². The molecule has 1 N–H and O–H groups in total. The van der Waals surface area contributed by atoms with E-state index in [1.807, 2.05) is 49.7 Å². The normalized spacial score (nSPS) is 18.2. The Morgan fingerprint density at radius 1 is 0.946 bits per heavy atom. The fraction of sp³-hybridized carbons (Fsp3) is 0.464. The first-order valence-corrected chi connectivity index (χ1v) is 14.6. The van der Waals surface area contributed by atoms with Crippen LogP contribution in [-0.2, 0) is 19.6 Å². The van der Waals surface area contributed by atoms with E-state index in [-0.39, 0.29) is 5.91 Å². The summed E-state index contributed by atoms with van der Waals surface area (Å²) >= 11 is 0. The summed E-state index contributed by atoms with van der Waals surface area (Å²) in [4.78, 5) is 15.9. The Balaban J connectivity index is 1.38. The molecule has 2 fully saturated rings. The number of ether oxygens (including phenoxy) is 1. The highest BCUT2D eigenvalue weighted by atomic mass is 32.2. The van der Waals surface area contributed by atoms with Crippen molar-refractivity contribution in [2.45, 2.75) is 51.0 Å². The zero-order valence-corrected chi connectivity index (χ0v) is 22.7. The molecule has 0 saturated carbocycles. The molecule has 0 bridgehead atoms. The largest absolute Gasteiger partial charge is 0.378 e. The second-order valence-corrected chi connectivity index (χ2v) is 12.1. The Hall–Kier alpha value is -2.88. The number of aryl methyl sites for hydroxylation is 2. The maximum atomic E-state index is 13.4. The summed E-state index contributed by atoms with van der Waals surface area (Å²) in [5, 5.41) is 3.97. The third kappa shape index (κ3) is 5.12. The number of anilines is 2. The van der Waals surface area contributed by atoms with Gasteiger partial charge in [0.15, 0.2) is 0 Å². The fourth-order valence-electron chi connectivity index (χ4n) is 5.27. The van der Waals surface area contributed by atoms with Crippen LogP contribution in [0.15, 0.2) is 47.5 Å². The fourth-order valence-corrected chi connectivity index (χ4v) is 6.81. The van der Waals surface area contributed by atoms with Gasteiger partial charge in [0.1, 0.15) is 6.04 Å². The lowest BCUT2D eigenvalue weighted by atomic mass is 10.1. The van der Waals surface area contributed by atoms with Gasteiger partial charge in [-0.2, -0.15) is 4.31 Å². The van der Waals surface area contributed by atoms with Gasteiger partial charge in [0, 0.05) is 54.7 Å². The van der Waals surface area contributed by atoms with Crippen LogP contribution in [-0.4, -0.2) is 62.6 Å². The van der Waals surface area contributed by atoms with Crippen LogP contribution in [0.5, 0.6) is 0 Å². The zero-order valence-electron chi connectivity index (χ0n) is 21.9. The van der Waals surface area contributed by atoms with Crippen LogP contribution < -0.4 is 10.2 Å². The minimum absolute atomic E-state index is 0.121. The molecule has 2 aliphatic heterocycles. The average molecular weight is 525 g/mol. The van der Waals surface area contributed by atoms with E-state index in [2.05, 4.69) is 16.3 Å². The topological polar surface area (TPSA) is 83.9 Å². The lowest BCUT2D eigenvalue weighted by Crippen LogP contribution is -2.36. The molecule has 3 heterocycles. The summed E-state index contributed by atoms with van der Waals surface area (Å²) in [6.45, 7) is 10.0. The summed E-state index contributed by atoms with van der Waals surface area (Å²) < 4.78 is 35.4. The summed E-state index contributed by atoms with van der Waals surface area (Å²) in [6.07, 6.45) is 4.81. The number of piperidine rings is 1. The molecular weight excluding hydrogens is 488 g/mol. The van der Waals surface area contributed by atoms with Gasteiger partial charge in [-0.15, -0.1) is 0 Å². The van der Waals surface area contributed by atoms with E-state index in [4.69, 9.17) is 4.74 Å². The Bertz CT molecular complexity index is 1400. The molecule has 8 nitrogen and oxygen atoms in total. The third-order valence-corrected chi connectivity index (χ3v) is 9.50. The van der Waals surface area contributed by atoms with Crippen LogP contribution in [0.4, 0.5) is 11.4 Å². The first-order chi connectivity index (χ1) is 17.8. The first kappa shape index (κ1) is 25.8. The number of carbonyl (C=O) groups is 1. The highest BCUT2D eigenvalue weighted by molar-refractivity contribution is 7.89. The van der Waals surface area contributed by atoms with Crippen molar-refractivity contribution in [3.63, 3.8) is 0 Å². The van der Waals surface area contributed by atoms with Gasteiger partial charge in [0.25, 0.3) is 0 Å². The quantitative estimate of drug-likeness (QED) is 0.515. The molecule has 1 amide bonds. The van der Waals surface area contributed by atoms with Gasteiger partial charge in [-0.25, -0.2) is 8.42 Å². The van der Waals surface area contributed by atoms with Gasteiger partial charge in [-0.1, -0.05) is 12.5 Å². The van der Waals surface area contributed by atoms with E-state index in [0.717, 1.165) is 65.8 Å². The van der Waals surface area contributed by atoms with E-state index < -0.39 is 16.1 Å². The molecule has 9 heteroatoms. The van der Waals surface area contributed by atoms with Crippen LogP contribution in [0.25, 0.3) is 10.9 Å². The lowest BCUT2D eigenvalue weighted by Gasteiger charge is -2.29. The van der Waals surface area contributed by atoms with E-state index in [0.29, 0.717) is 31.2 Å². The Kier molecular flexibility index (Phi) is 7.29. The van der Waals surface area contributed by atoms with Crippen molar-refractivity contribution in [2.24, 2.45) is 0 Å². The van der Waals surface area contributed by atoms with Crippen LogP contribution >= 0.6 is 0 Å². The van der Waals surface area contributed by atoms with Crippen LogP contribution in [0.3, 0.4) is 0 Å². The van der Waals surface area contributed by atoms with Gasteiger partial charge in [0.05, 0.1) is 18.1 Å². The summed E-state index contributed by atoms with van der Waals surface area (Å²) in [6, 6.07) is 10.9. The molecule has 1 aromatic heterocycles. The molecular formula is C28H36N4O4S. The number of aromatic nitrogens is 1. The molecule has 37 heavy (non-hydrogen) atoms. The highest BCUT2D eigenvalue weighted by Gasteiger charge is 2.27. The predicted octanol–water partition coefficient (Wildman–Crippen LogP) is 4.47.